The Morgan fingerprint density at radius 2 is 2.07 bits per heavy atom. The van der Waals surface area contributed by atoms with Gasteiger partial charge in [-0.2, -0.15) is 0 Å². The molecule has 5 nitrogen and oxygen atoms in total. The van der Waals surface area contributed by atoms with Crippen molar-refractivity contribution in [3.63, 3.8) is 0 Å². The van der Waals surface area contributed by atoms with Gasteiger partial charge >= 0.3 is 7.60 Å². The van der Waals surface area contributed by atoms with Crippen LogP contribution in [0.4, 0.5) is 0 Å². The molecule has 1 saturated heterocycles. The van der Waals surface area contributed by atoms with E-state index >= 15 is 0 Å². The van der Waals surface area contributed by atoms with E-state index in [2.05, 4.69) is 9.05 Å². The number of epoxide rings is 1. The molecule has 1 fully saturated rings. The van der Waals surface area contributed by atoms with Gasteiger partial charge in [0.1, 0.15) is 11.9 Å². The van der Waals surface area contributed by atoms with Crippen LogP contribution in [0.3, 0.4) is 0 Å². The summed E-state index contributed by atoms with van der Waals surface area (Å²) in [7, 11) is -0.592. The van der Waals surface area contributed by atoms with Gasteiger partial charge in [-0.3, -0.25) is 9.36 Å². The average Bonchev–Trinajstić information content (AvgIpc) is 3.01. The lowest BCUT2D eigenvalue weighted by Gasteiger charge is -2.12. The summed E-state index contributed by atoms with van der Waals surface area (Å²) in [4.78, 5) is 11.4. The van der Waals surface area contributed by atoms with Gasteiger partial charge in [-0.1, -0.05) is 0 Å². The van der Waals surface area contributed by atoms with Crippen LogP contribution >= 0.6 is 7.60 Å². The van der Waals surface area contributed by atoms with Crippen molar-refractivity contribution in [3.05, 3.63) is 0 Å². The summed E-state index contributed by atoms with van der Waals surface area (Å²) < 4.78 is 26.0. The van der Waals surface area contributed by atoms with Gasteiger partial charge in [0.25, 0.3) is 0 Å². The Kier molecular flexibility index (Phi) is 4.93. The second-order valence-electron chi connectivity index (χ2n) is 3.52. The molecule has 0 aromatic heterocycles. The van der Waals surface area contributed by atoms with Crippen molar-refractivity contribution in [2.75, 3.05) is 27.0 Å². The molecule has 0 aliphatic carbocycles. The Bertz CT molecular complexity index is 253. The number of ketones is 1. The Labute approximate surface area is 89.6 Å². The molecule has 0 spiro atoms. The molecule has 1 atom stereocenters. The molecular weight excluding hydrogens is 219 g/mol. The van der Waals surface area contributed by atoms with Crippen molar-refractivity contribution in [3.8, 4) is 0 Å². The van der Waals surface area contributed by atoms with E-state index in [1.54, 1.807) is 0 Å². The Morgan fingerprint density at radius 3 is 2.53 bits per heavy atom. The highest BCUT2D eigenvalue weighted by Gasteiger charge is 2.26. The predicted octanol–water partition coefficient (Wildman–Crippen LogP) is 1.61. The largest absolute Gasteiger partial charge is 0.373 e. The fourth-order valence-corrected chi connectivity index (χ4v) is 2.26. The van der Waals surface area contributed by atoms with Crippen molar-refractivity contribution in [1.82, 2.24) is 0 Å². The summed E-state index contributed by atoms with van der Waals surface area (Å²) in [6.07, 6.45) is 2.30. The number of rotatable bonds is 8. The fourth-order valence-electron chi connectivity index (χ4n) is 1.26. The normalized spacial score (nSPS) is 20.3. The summed E-state index contributed by atoms with van der Waals surface area (Å²) in [5.74, 6) is -0.0808. The van der Waals surface area contributed by atoms with Crippen LogP contribution in [-0.2, 0) is 23.1 Å². The molecule has 0 bridgehead atoms. The zero-order valence-electron chi connectivity index (χ0n) is 9.10. The van der Waals surface area contributed by atoms with Gasteiger partial charge in [0.2, 0.25) is 0 Å². The van der Waals surface area contributed by atoms with Gasteiger partial charge in [0.05, 0.1) is 12.7 Å². The summed E-state index contributed by atoms with van der Waals surface area (Å²) in [5.41, 5.74) is 0. The molecule has 1 aliphatic heterocycles. The molecule has 6 heteroatoms. The van der Waals surface area contributed by atoms with Crippen LogP contribution < -0.4 is 0 Å². The number of hydrogen-bond donors (Lipinski definition) is 0. The predicted molar refractivity (Wildman–Crippen MR) is 55.1 cm³/mol. The van der Waals surface area contributed by atoms with Crippen LogP contribution in [0.5, 0.6) is 0 Å². The molecule has 15 heavy (non-hydrogen) atoms. The third-order valence-corrected chi connectivity index (χ3v) is 4.16. The molecule has 1 rings (SSSR count). The lowest BCUT2D eigenvalue weighted by Crippen LogP contribution is -2.08. The summed E-state index contributed by atoms with van der Waals surface area (Å²) in [5, 5.41) is 0. The Morgan fingerprint density at radius 1 is 1.47 bits per heavy atom. The van der Waals surface area contributed by atoms with Crippen LogP contribution in [-0.4, -0.2) is 38.9 Å². The molecule has 0 radical (unpaired) electrons. The molecule has 1 heterocycles. The lowest BCUT2D eigenvalue weighted by atomic mass is 10.1. The first-order chi connectivity index (χ1) is 7.09. The van der Waals surface area contributed by atoms with Gasteiger partial charge in [0.15, 0.2) is 0 Å². The maximum Gasteiger partial charge on any atom is 0.337 e. The number of carbonyl (C=O) groups excluding carboxylic acids is 1. The molecule has 0 aromatic carbocycles. The molecule has 1 unspecified atom stereocenters. The quantitative estimate of drug-likeness (QED) is 0.473. The van der Waals surface area contributed by atoms with Crippen molar-refractivity contribution < 1.29 is 23.1 Å². The first kappa shape index (κ1) is 12.8. The van der Waals surface area contributed by atoms with E-state index in [4.69, 9.17) is 4.74 Å². The summed E-state index contributed by atoms with van der Waals surface area (Å²) in [6, 6.07) is 0. The minimum atomic E-state index is -3.17. The van der Waals surface area contributed by atoms with Gasteiger partial charge in [-0.05, 0) is 12.8 Å². The molecule has 0 saturated carbocycles. The van der Waals surface area contributed by atoms with Crippen LogP contribution in [0.2, 0.25) is 0 Å². The average molecular weight is 236 g/mol. The van der Waals surface area contributed by atoms with Gasteiger partial charge < -0.3 is 13.8 Å². The minimum Gasteiger partial charge on any atom is -0.373 e. The van der Waals surface area contributed by atoms with Crippen molar-refractivity contribution in [1.29, 1.82) is 0 Å². The van der Waals surface area contributed by atoms with E-state index in [9.17, 15) is 9.36 Å². The summed E-state index contributed by atoms with van der Waals surface area (Å²) in [6.45, 7) is 0.808. The highest BCUT2D eigenvalue weighted by atomic mass is 31.2. The van der Waals surface area contributed by atoms with Gasteiger partial charge in [0, 0.05) is 20.6 Å². The van der Waals surface area contributed by atoms with Crippen LogP contribution in [0, 0.1) is 0 Å². The van der Waals surface area contributed by atoms with Crippen molar-refractivity contribution in [2.24, 2.45) is 0 Å². The van der Waals surface area contributed by atoms with Crippen LogP contribution in [0.1, 0.15) is 19.3 Å². The highest BCUT2D eigenvalue weighted by molar-refractivity contribution is 7.54. The van der Waals surface area contributed by atoms with Gasteiger partial charge in [-0.15, -0.1) is 0 Å². The molecule has 0 N–H and O–H groups in total. The number of Topliss-reactive ketones (excluding diaryl/α,β-unsaturated/α-hetero) is 1. The first-order valence-electron chi connectivity index (χ1n) is 4.93. The van der Waals surface area contributed by atoms with Crippen LogP contribution in [0.25, 0.3) is 0 Å². The number of ether oxygens (including phenoxy) is 1. The molecule has 1 aliphatic rings. The number of carbonyl (C=O) groups is 1. The maximum atomic E-state index is 11.6. The Balaban J connectivity index is 2.18. The van der Waals surface area contributed by atoms with Crippen LogP contribution in [0.15, 0.2) is 0 Å². The second-order valence-corrected chi connectivity index (χ2v) is 5.79. The third kappa shape index (κ3) is 4.89. The minimum absolute atomic E-state index is 0.0808. The third-order valence-electron chi connectivity index (χ3n) is 2.31. The lowest BCUT2D eigenvalue weighted by molar-refractivity contribution is -0.117. The first-order valence-corrected chi connectivity index (χ1v) is 6.66. The van der Waals surface area contributed by atoms with E-state index < -0.39 is 7.60 Å². The van der Waals surface area contributed by atoms with E-state index in [0.29, 0.717) is 12.5 Å². The van der Waals surface area contributed by atoms with Crippen molar-refractivity contribution >= 4 is 13.4 Å². The molecule has 0 amide bonds. The van der Waals surface area contributed by atoms with Gasteiger partial charge in [-0.25, -0.2) is 0 Å². The highest BCUT2D eigenvalue weighted by Crippen LogP contribution is 2.46. The van der Waals surface area contributed by atoms with E-state index in [-0.39, 0.29) is 11.9 Å². The van der Waals surface area contributed by atoms with Crippen molar-refractivity contribution in [2.45, 2.75) is 25.4 Å². The maximum absolute atomic E-state index is 11.6. The molecular formula is C9H17O5P. The summed E-state index contributed by atoms with van der Waals surface area (Å²) >= 11 is 0. The Hall–Kier alpha value is -0.220. The molecule has 88 valence electrons. The zero-order valence-corrected chi connectivity index (χ0v) is 10.00. The smallest absolute Gasteiger partial charge is 0.337 e. The second kappa shape index (κ2) is 5.75. The topological polar surface area (TPSA) is 65.1 Å². The standard InChI is InChI=1S/C9H17O5P/c1-12-15(11,13-2)7-8(10)4-3-5-9-6-14-9/h9H,3-7H2,1-2H3. The molecule has 0 aromatic rings. The zero-order chi connectivity index (χ0) is 11.3. The SMILES string of the molecule is COP(=O)(CC(=O)CCCC1CO1)OC. The van der Waals surface area contributed by atoms with E-state index in [1.807, 2.05) is 0 Å². The fraction of sp³-hybridized carbons (Fsp3) is 0.889. The van der Waals surface area contributed by atoms with E-state index in [1.165, 1.54) is 14.2 Å². The number of hydrogen-bond acceptors (Lipinski definition) is 5. The van der Waals surface area contributed by atoms with E-state index in [0.717, 1.165) is 19.4 Å². The monoisotopic (exact) mass is 236 g/mol.